The lowest BCUT2D eigenvalue weighted by Crippen LogP contribution is -2.29. The van der Waals surface area contributed by atoms with E-state index in [2.05, 4.69) is 30.6 Å². The van der Waals surface area contributed by atoms with Gasteiger partial charge in [-0.25, -0.2) is 0 Å². The van der Waals surface area contributed by atoms with Crippen LogP contribution >= 0.6 is 21.6 Å². The van der Waals surface area contributed by atoms with Gasteiger partial charge in [-0.2, -0.15) is 0 Å². The second kappa shape index (κ2) is 13.7. The molecule has 36 heavy (non-hydrogen) atoms. The van der Waals surface area contributed by atoms with Crippen LogP contribution in [0.4, 0.5) is 0 Å². The molecule has 0 radical (unpaired) electrons. The number of nitrogens with zero attached hydrogens (tertiary/aromatic N) is 4. The quantitative estimate of drug-likeness (QED) is 0.343. The summed E-state index contributed by atoms with van der Waals surface area (Å²) in [6.07, 6.45) is 12.3. The van der Waals surface area contributed by atoms with E-state index in [-0.39, 0.29) is 11.6 Å². The fourth-order valence-corrected chi connectivity index (χ4v) is 5.36. The van der Waals surface area contributed by atoms with Crippen molar-refractivity contribution in [1.82, 2.24) is 20.6 Å². The topological polar surface area (TPSA) is 109 Å². The predicted molar refractivity (Wildman–Crippen MR) is 147 cm³/mol. The summed E-state index contributed by atoms with van der Waals surface area (Å²) in [5, 5.41) is 6.32. The number of ketones is 2. The number of allylic oxidation sites excluding steroid dienone is 2. The zero-order valence-electron chi connectivity index (χ0n) is 19.9. The Morgan fingerprint density at radius 1 is 0.750 bits per heavy atom. The molecule has 2 aromatic rings. The maximum absolute atomic E-state index is 12.4. The number of aromatic nitrogens is 2. The van der Waals surface area contributed by atoms with Crippen LogP contribution in [-0.4, -0.2) is 57.8 Å². The number of amidine groups is 2. The van der Waals surface area contributed by atoms with Crippen molar-refractivity contribution < 1.29 is 9.59 Å². The van der Waals surface area contributed by atoms with Gasteiger partial charge in [-0.05, 0) is 23.3 Å². The standard InChI is InChI=1S/C26H28N6O2S2/c33-23-13-25(31-17-21(23)11-19-3-1-5-27-15-19)29-7-9-35-36-10-8-30-26-14-24(34)22(18-32-26)12-20-4-2-6-28-16-20/h1-6,15-18H,7-14H2,(H,29,31)(H,30,32). The van der Waals surface area contributed by atoms with Gasteiger partial charge in [0, 0.05) is 72.7 Å². The second-order valence-electron chi connectivity index (χ2n) is 8.20. The van der Waals surface area contributed by atoms with Gasteiger partial charge in [0.2, 0.25) is 0 Å². The van der Waals surface area contributed by atoms with Crippen LogP contribution in [0.5, 0.6) is 0 Å². The van der Waals surface area contributed by atoms with Gasteiger partial charge < -0.3 is 10.6 Å². The van der Waals surface area contributed by atoms with Crippen LogP contribution < -0.4 is 10.6 Å². The lowest BCUT2D eigenvalue weighted by molar-refractivity contribution is -0.115. The van der Waals surface area contributed by atoms with E-state index in [0.717, 1.165) is 45.5 Å². The molecule has 4 heterocycles. The maximum Gasteiger partial charge on any atom is 0.168 e. The lowest BCUT2D eigenvalue weighted by Gasteiger charge is -2.15. The van der Waals surface area contributed by atoms with Gasteiger partial charge in [0.25, 0.3) is 0 Å². The fourth-order valence-electron chi connectivity index (χ4n) is 3.64. The molecule has 0 aromatic carbocycles. The third kappa shape index (κ3) is 8.17. The monoisotopic (exact) mass is 520 g/mol. The van der Waals surface area contributed by atoms with Crippen molar-refractivity contribution in [2.24, 2.45) is 9.98 Å². The van der Waals surface area contributed by atoms with Gasteiger partial charge in [-0.15, -0.1) is 0 Å². The first-order valence-corrected chi connectivity index (χ1v) is 14.2. The van der Waals surface area contributed by atoms with Crippen molar-refractivity contribution in [2.45, 2.75) is 25.7 Å². The molecule has 2 N–H and O–H groups in total. The van der Waals surface area contributed by atoms with Crippen LogP contribution in [0, 0.1) is 0 Å². The summed E-state index contributed by atoms with van der Waals surface area (Å²) in [6.45, 7) is 1.29. The van der Waals surface area contributed by atoms with Gasteiger partial charge in [-0.3, -0.25) is 29.5 Å². The van der Waals surface area contributed by atoms with Crippen LogP contribution in [0.15, 0.2) is 82.6 Å². The van der Waals surface area contributed by atoms with E-state index >= 15 is 0 Å². The lowest BCUT2D eigenvalue weighted by atomic mass is 9.99. The van der Waals surface area contributed by atoms with Gasteiger partial charge in [0.15, 0.2) is 11.6 Å². The van der Waals surface area contributed by atoms with Crippen LogP contribution in [0.25, 0.3) is 0 Å². The molecule has 2 aliphatic rings. The number of aliphatic imine (C=N–C) groups is 2. The molecule has 0 saturated heterocycles. The first-order chi connectivity index (χ1) is 17.7. The zero-order chi connectivity index (χ0) is 25.0. The molecule has 0 atom stereocenters. The zero-order valence-corrected chi connectivity index (χ0v) is 21.5. The Morgan fingerprint density at radius 3 is 1.61 bits per heavy atom. The highest BCUT2D eigenvalue weighted by Crippen LogP contribution is 2.21. The number of carbonyl (C=O) groups excluding carboxylic acids is 2. The first kappa shape index (κ1) is 25.8. The summed E-state index contributed by atoms with van der Waals surface area (Å²) in [7, 11) is 3.47. The van der Waals surface area contributed by atoms with E-state index in [9.17, 15) is 9.59 Å². The Kier molecular flexibility index (Phi) is 9.87. The number of rotatable bonds is 11. The highest BCUT2D eigenvalue weighted by Gasteiger charge is 2.19. The van der Waals surface area contributed by atoms with E-state index in [4.69, 9.17) is 0 Å². The maximum atomic E-state index is 12.4. The van der Waals surface area contributed by atoms with Crippen LogP contribution in [0.2, 0.25) is 0 Å². The summed E-state index contributed by atoms with van der Waals surface area (Å²) >= 11 is 0. The Balaban J connectivity index is 1.10. The van der Waals surface area contributed by atoms with Crippen molar-refractivity contribution in [3.05, 3.63) is 83.7 Å². The van der Waals surface area contributed by atoms with Crippen LogP contribution in [-0.2, 0) is 22.4 Å². The molecule has 2 aliphatic heterocycles. The van der Waals surface area contributed by atoms with E-state index in [1.165, 1.54) is 0 Å². The third-order valence-corrected chi connectivity index (χ3v) is 7.84. The summed E-state index contributed by atoms with van der Waals surface area (Å²) < 4.78 is 0. The molecule has 0 amide bonds. The molecule has 10 heteroatoms. The average molecular weight is 521 g/mol. The van der Waals surface area contributed by atoms with E-state index in [1.54, 1.807) is 58.8 Å². The molecule has 0 unspecified atom stereocenters. The number of hydrogen-bond donors (Lipinski definition) is 2. The molecular weight excluding hydrogens is 492 g/mol. The predicted octanol–water partition coefficient (Wildman–Crippen LogP) is 3.33. The van der Waals surface area contributed by atoms with Gasteiger partial charge >= 0.3 is 0 Å². The Bertz CT molecular complexity index is 1090. The molecule has 2 aromatic heterocycles. The van der Waals surface area contributed by atoms with Gasteiger partial charge in [0.1, 0.15) is 11.7 Å². The highest BCUT2D eigenvalue weighted by atomic mass is 33.1. The number of hydrogen-bond acceptors (Lipinski definition) is 8. The molecule has 0 spiro atoms. The fraction of sp³-hybridized carbons (Fsp3) is 0.308. The van der Waals surface area contributed by atoms with E-state index in [0.29, 0.717) is 38.8 Å². The molecule has 0 bridgehead atoms. The Labute approximate surface area is 218 Å². The average Bonchev–Trinajstić information content (AvgIpc) is 2.90. The molecular formula is C26H28N6O2S2. The van der Waals surface area contributed by atoms with Crippen molar-refractivity contribution in [1.29, 1.82) is 0 Å². The van der Waals surface area contributed by atoms with Crippen molar-refractivity contribution in [3.63, 3.8) is 0 Å². The number of nitrogens with one attached hydrogen (secondary N) is 2. The minimum absolute atomic E-state index is 0.103. The van der Waals surface area contributed by atoms with Gasteiger partial charge in [-0.1, -0.05) is 33.7 Å². The molecule has 0 saturated carbocycles. The highest BCUT2D eigenvalue weighted by molar-refractivity contribution is 8.76. The number of carbonyl (C=O) groups is 2. The molecule has 186 valence electrons. The third-order valence-electron chi connectivity index (χ3n) is 5.47. The first-order valence-electron chi connectivity index (χ1n) is 11.7. The molecule has 0 aliphatic carbocycles. The van der Waals surface area contributed by atoms with E-state index in [1.807, 2.05) is 24.3 Å². The summed E-state index contributed by atoms with van der Waals surface area (Å²) in [6, 6.07) is 7.68. The number of pyridine rings is 2. The summed E-state index contributed by atoms with van der Waals surface area (Å²) in [5.41, 5.74) is 3.54. The second-order valence-corrected chi connectivity index (χ2v) is 10.9. The summed E-state index contributed by atoms with van der Waals surface area (Å²) in [5.74, 6) is 3.35. The van der Waals surface area contributed by atoms with E-state index < -0.39 is 0 Å². The van der Waals surface area contributed by atoms with Crippen molar-refractivity contribution in [2.75, 3.05) is 24.6 Å². The van der Waals surface area contributed by atoms with Gasteiger partial charge in [0.05, 0.1) is 25.9 Å². The largest absolute Gasteiger partial charge is 0.350 e. The SMILES string of the molecule is O=C1CC(=NCCSSCCN=C2CC(=O)C(Cc3cccnc3)=CN2)NC=C1Cc1cccnc1. The van der Waals surface area contributed by atoms with Crippen molar-refractivity contribution in [3.8, 4) is 0 Å². The van der Waals surface area contributed by atoms with Crippen molar-refractivity contribution >= 4 is 44.8 Å². The van der Waals surface area contributed by atoms with Crippen LogP contribution in [0.3, 0.4) is 0 Å². The normalized spacial score (nSPS) is 18.0. The Morgan fingerprint density at radius 2 is 1.22 bits per heavy atom. The van der Waals surface area contributed by atoms with Crippen LogP contribution in [0.1, 0.15) is 24.0 Å². The minimum Gasteiger partial charge on any atom is -0.350 e. The smallest absolute Gasteiger partial charge is 0.168 e. The molecule has 8 nitrogen and oxygen atoms in total. The summed E-state index contributed by atoms with van der Waals surface area (Å²) in [4.78, 5) is 42.0. The molecule has 4 rings (SSSR count). The minimum atomic E-state index is 0.103. The molecule has 0 fully saturated rings. The number of Topliss-reactive ketones (excluding diaryl/α,β-unsaturated/α-hetero) is 2. The Hall–Kier alpha value is -3.24.